The van der Waals surface area contributed by atoms with E-state index >= 15 is 0 Å². The molecular formula is C32H40N2O2. The van der Waals surface area contributed by atoms with Crippen molar-refractivity contribution in [3.05, 3.63) is 71.8 Å². The molecule has 0 unspecified atom stereocenters. The minimum absolute atomic E-state index is 0.209. The highest BCUT2D eigenvalue weighted by molar-refractivity contribution is 5.83. The predicted octanol–water partition coefficient (Wildman–Crippen LogP) is 5.92. The molecule has 4 aliphatic rings. The molecule has 4 saturated carbocycles. The monoisotopic (exact) mass is 484 g/mol. The van der Waals surface area contributed by atoms with Gasteiger partial charge in [0.05, 0.1) is 0 Å². The highest BCUT2D eigenvalue weighted by Crippen LogP contribution is 2.57. The number of rotatable bonds is 9. The van der Waals surface area contributed by atoms with E-state index in [9.17, 15) is 9.59 Å². The fourth-order valence-electron chi connectivity index (χ4n) is 7.52. The maximum Gasteiger partial charge on any atom is 0.226 e. The van der Waals surface area contributed by atoms with E-state index in [4.69, 9.17) is 0 Å². The van der Waals surface area contributed by atoms with Crippen LogP contribution < -0.4 is 0 Å². The molecule has 0 bridgehead atoms. The Morgan fingerprint density at radius 1 is 0.556 bits per heavy atom. The standard InChI is InChI=1S/C32H40N2O2/c35-31(29-25-15-7-8-16-26(25)29)33(21-23-11-3-1-4-12-23)19-20-34(22-24-13-5-2-6-14-24)32(36)30-27-17-9-10-18-28(27)30/h1-6,11-14,25-30H,7-10,15-22H2/t25-,26-,27-,28-/m1/s1. The molecule has 4 nitrogen and oxygen atoms in total. The van der Waals surface area contributed by atoms with Crippen LogP contribution >= 0.6 is 0 Å². The van der Waals surface area contributed by atoms with Crippen LogP contribution in [-0.2, 0) is 22.7 Å². The Morgan fingerprint density at radius 2 is 0.889 bits per heavy atom. The topological polar surface area (TPSA) is 40.6 Å². The van der Waals surface area contributed by atoms with Gasteiger partial charge in [-0.1, -0.05) is 86.3 Å². The van der Waals surface area contributed by atoms with E-state index in [1.165, 1.54) is 62.5 Å². The first-order valence-electron chi connectivity index (χ1n) is 14.4. The number of carbonyl (C=O) groups is 2. The lowest BCUT2D eigenvalue weighted by Crippen LogP contribution is -2.42. The fraction of sp³-hybridized carbons (Fsp3) is 0.562. The van der Waals surface area contributed by atoms with E-state index in [0.717, 1.165) is 0 Å². The van der Waals surface area contributed by atoms with Crippen molar-refractivity contribution in [2.45, 2.75) is 64.5 Å². The summed E-state index contributed by atoms with van der Waals surface area (Å²) in [4.78, 5) is 31.7. The van der Waals surface area contributed by atoms with Crippen LogP contribution in [0.4, 0.5) is 0 Å². The quantitative estimate of drug-likeness (QED) is 0.443. The number of benzene rings is 2. The van der Waals surface area contributed by atoms with E-state index in [1.54, 1.807) is 0 Å². The Bertz CT molecular complexity index is 945. The van der Waals surface area contributed by atoms with Crippen LogP contribution in [0.3, 0.4) is 0 Å². The second-order valence-electron chi connectivity index (χ2n) is 11.8. The first-order chi connectivity index (χ1) is 17.7. The molecule has 4 heteroatoms. The molecule has 0 heterocycles. The second-order valence-corrected chi connectivity index (χ2v) is 11.8. The van der Waals surface area contributed by atoms with Crippen LogP contribution in [0.5, 0.6) is 0 Å². The van der Waals surface area contributed by atoms with Crippen LogP contribution in [0.15, 0.2) is 60.7 Å². The summed E-state index contributed by atoms with van der Waals surface area (Å²) in [5, 5.41) is 0. The summed E-state index contributed by atoms with van der Waals surface area (Å²) in [5.41, 5.74) is 2.34. The molecule has 36 heavy (non-hydrogen) atoms. The third kappa shape index (κ3) is 4.96. The van der Waals surface area contributed by atoms with Crippen molar-refractivity contribution in [2.24, 2.45) is 35.5 Å². The highest BCUT2D eigenvalue weighted by Gasteiger charge is 2.57. The molecule has 4 fully saturated rings. The third-order valence-corrected chi connectivity index (χ3v) is 9.58. The normalized spacial score (nSPS) is 30.0. The van der Waals surface area contributed by atoms with Crippen molar-refractivity contribution in [1.82, 2.24) is 9.80 Å². The highest BCUT2D eigenvalue weighted by atomic mass is 16.2. The summed E-state index contributed by atoms with van der Waals surface area (Å²) >= 11 is 0. The largest absolute Gasteiger partial charge is 0.336 e. The Kier molecular flexibility index (Phi) is 6.86. The van der Waals surface area contributed by atoms with Gasteiger partial charge in [0, 0.05) is 38.0 Å². The molecule has 2 amide bonds. The molecule has 2 aromatic rings. The van der Waals surface area contributed by atoms with Gasteiger partial charge >= 0.3 is 0 Å². The number of amides is 2. The van der Waals surface area contributed by atoms with Gasteiger partial charge in [0.1, 0.15) is 0 Å². The summed E-state index contributed by atoms with van der Waals surface area (Å²) in [6.07, 6.45) is 9.93. The predicted molar refractivity (Wildman–Crippen MR) is 142 cm³/mol. The Morgan fingerprint density at radius 3 is 1.22 bits per heavy atom. The summed E-state index contributed by atoms with van der Waals surface area (Å²) in [6, 6.07) is 20.7. The zero-order valence-corrected chi connectivity index (χ0v) is 21.4. The van der Waals surface area contributed by atoms with Gasteiger partial charge in [-0.2, -0.15) is 0 Å². The maximum absolute atomic E-state index is 13.8. The molecule has 0 N–H and O–H groups in total. The van der Waals surface area contributed by atoms with Crippen LogP contribution in [0.1, 0.15) is 62.5 Å². The molecule has 4 atom stereocenters. The summed E-state index contributed by atoms with van der Waals surface area (Å²) < 4.78 is 0. The van der Waals surface area contributed by atoms with Gasteiger partial charge in [0.25, 0.3) is 0 Å². The lowest BCUT2D eigenvalue weighted by Gasteiger charge is -2.29. The lowest BCUT2D eigenvalue weighted by atomic mass is 10.0. The van der Waals surface area contributed by atoms with Crippen molar-refractivity contribution in [2.75, 3.05) is 13.1 Å². The average molecular weight is 485 g/mol. The van der Waals surface area contributed by atoms with Gasteiger partial charge < -0.3 is 9.80 Å². The molecular weight excluding hydrogens is 444 g/mol. The van der Waals surface area contributed by atoms with Crippen LogP contribution in [0, 0.1) is 35.5 Å². The van der Waals surface area contributed by atoms with Crippen molar-refractivity contribution in [1.29, 1.82) is 0 Å². The van der Waals surface area contributed by atoms with Gasteiger partial charge in [-0.15, -0.1) is 0 Å². The Hall–Kier alpha value is -2.62. The first kappa shape index (κ1) is 23.8. The van der Waals surface area contributed by atoms with Gasteiger partial charge in [0.15, 0.2) is 0 Å². The zero-order chi connectivity index (χ0) is 24.5. The molecule has 190 valence electrons. The zero-order valence-electron chi connectivity index (χ0n) is 21.4. The minimum Gasteiger partial charge on any atom is -0.336 e. The maximum atomic E-state index is 13.8. The number of hydrogen-bond acceptors (Lipinski definition) is 2. The molecule has 0 aliphatic heterocycles. The molecule has 4 aliphatic carbocycles. The number of hydrogen-bond donors (Lipinski definition) is 0. The van der Waals surface area contributed by atoms with Crippen molar-refractivity contribution < 1.29 is 9.59 Å². The van der Waals surface area contributed by atoms with E-state index < -0.39 is 0 Å². The number of nitrogens with zero attached hydrogens (tertiary/aromatic N) is 2. The Balaban J connectivity index is 1.18. The second kappa shape index (κ2) is 10.4. The van der Waals surface area contributed by atoms with Crippen LogP contribution in [0.2, 0.25) is 0 Å². The smallest absolute Gasteiger partial charge is 0.226 e. The third-order valence-electron chi connectivity index (χ3n) is 9.58. The molecule has 6 rings (SSSR count). The summed E-state index contributed by atoms with van der Waals surface area (Å²) in [7, 11) is 0. The molecule has 0 aromatic heterocycles. The van der Waals surface area contributed by atoms with E-state index in [-0.39, 0.29) is 11.8 Å². The van der Waals surface area contributed by atoms with Gasteiger partial charge in [-0.3, -0.25) is 9.59 Å². The lowest BCUT2D eigenvalue weighted by molar-refractivity contribution is -0.138. The molecule has 0 saturated heterocycles. The van der Waals surface area contributed by atoms with Crippen molar-refractivity contribution in [3.63, 3.8) is 0 Å². The van der Waals surface area contributed by atoms with Crippen LogP contribution in [-0.4, -0.2) is 34.7 Å². The number of carbonyl (C=O) groups excluding carboxylic acids is 2. The first-order valence-corrected chi connectivity index (χ1v) is 14.4. The Labute approximate surface area is 216 Å². The molecule has 0 spiro atoms. The molecule has 0 radical (unpaired) electrons. The van der Waals surface area contributed by atoms with Crippen molar-refractivity contribution >= 4 is 11.8 Å². The average Bonchev–Trinajstić information content (AvgIpc) is 3.83. The van der Waals surface area contributed by atoms with E-state index in [1.807, 2.05) is 12.1 Å². The fourth-order valence-corrected chi connectivity index (χ4v) is 7.52. The summed E-state index contributed by atoms with van der Waals surface area (Å²) in [5.74, 6) is 3.46. The van der Waals surface area contributed by atoms with E-state index in [0.29, 0.717) is 61.7 Å². The number of fused-ring (bicyclic) bond motifs is 2. The minimum atomic E-state index is 0.209. The van der Waals surface area contributed by atoms with Gasteiger partial charge in [-0.05, 0) is 60.5 Å². The van der Waals surface area contributed by atoms with Gasteiger partial charge in [-0.25, -0.2) is 0 Å². The van der Waals surface area contributed by atoms with Gasteiger partial charge in [0.2, 0.25) is 11.8 Å². The van der Waals surface area contributed by atoms with Crippen LogP contribution in [0.25, 0.3) is 0 Å². The van der Waals surface area contributed by atoms with Crippen molar-refractivity contribution in [3.8, 4) is 0 Å². The SMILES string of the molecule is O=C(C1[C@@H]2CCCC[C@@H]12)N(CCN(Cc1ccccc1)C(=O)C1[C@@H]2CCCC[C@@H]12)Cc1ccccc1. The summed E-state index contributed by atoms with van der Waals surface area (Å²) in [6.45, 7) is 2.50. The molecule has 2 aromatic carbocycles. The van der Waals surface area contributed by atoms with E-state index in [2.05, 4.69) is 58.3 Å².